The number of carbonyl (C=O) groups excluding carboxylic acids is 1. The summed E-state index contributed by atoms with van der Waals surface area (Å²) >= 11 is 1.31. The molecule has 3 heterocycles. The molecule has 0 spiro atoms. The van der Waals surface area contributed by atoms with Crippen LogP contribution in [0.2, 0.25) is 0 Å². The van der Waals surface area contributed by atoms with Crippen LogP contribution in [0.15, 0.2) is 0 Å². The lowest BCUT2D eigenvalue weighted by molar-refractivity contribution is 0.0648. The molecule has 1 amide bonds. The molecule has 20 heavy (non-hydrogen) atoms. The number of likely N-dealkylation sites (tertiary alicyclic amines) is 2. The number of aromatic nitrogens is 1. The highest BCUT2D eigenvalue weighted by molar-refractivity contribution is 7.17. The van der Waals surface area contributed by atoms with Crippen molar-refractivity contribution in [1.82, 2.24) is 14.8 Å². The number of anilines is 1. The Morgan fingerprint density at radius 3 is 2.45 bits per heavy atom. The maximum atomic E-state index is 12.5. The van der Waals surface area contributed by atoms with E-state index in [1.54, 1.807) is 0 Å². The Balaban J connectivity index is 1.60. The minimum absolute atomic E-state index is 0.108. The molecule has 0 unspecified atom stereocenters. The Kier molecular flexibility index (Phi) is 3.94. The molecule has 1 aromatic heterocycles. The SMILES string of the molecule is Cc1nc(N)sc1C(=O)N1CCC(N2CCCC2)CC1. The normalized spacial score (nSPS) is 21.6. The highest BCUT2D eigenvalue weighted by atomic mass is 32.1. The van der Waals surface area contributed by atoms with E-state index in [2.05, 4.69) is 9.88 Å². The van der Waals surface area contributed by atoms with E-state index in [1.165, 1.54) is 37.3 Å². The maximum absolute atomic E-state index is 12.5. The first-order chi connectivity index (χ1) is 9.65. The van der Waals surface area contributed by atoms with Gasteiger partial charge in [-0.3, -0.25) is 4.79 Å². The molecule has 2 saturated heterocycles. The number of amides is 1. The fourth-order valence-electron chi connectivity index (χ4n) is 3.30. The van der Waals surface area contributed by atoms with Crippen molar-refractivity contribution in [2.24, 2.45) is 0 Å². The van der Waals surface area contributed by atoms with Gasteiger partial charge in [-0.2, -0.15) is 0 Å². The van der Waals surface area contributed by atoms with Gasteiger partial charge in [0, 0.05) is 19.1 Å². The summed E-state index contributed by atoms with van der Waals surface area (Å²) in [6.45, 7) is 6.05. The topological polar surface area (TPSA) is 62.5 Å². The molecule has 2 fully saturated rings. The molecular weight excluding hydrogens is 272 g/mol. The summed E-state index contributed by atoms with van der Waals surface area (Å²) in [6, 6.07) is 0.675. The third-order valence-corrected chi connectivity index (χ3v) is 5.39. The second-order valence-electron chi connectivity index (χ2n) is 5.73. The predicted octanol–water partition coefficient (Wildman–Crippen LogP) is 1.73. The van der Waals surface area contributed by atoms with E-state index in [1.807, 2.05) is 11.8 Å². The molecule has 3 rings (SSSR count). The van der Waals surface area contributed by atoms with Crippen LogP contribution in [0.25, 0.3) is 0 Å². The minimum atomic E-state index is 0.108. The van der Waals surface area contributed by atoms with Crippen LogP contribution in [0.4, 0.5) is 5.13 Å². The molecule has 0 aliphatic carbocycles. The van der Waals surface area contributed by atoms with E-state index in [-0.39, 0.29) is 5.91 Å². The summed E-state index contributed by atoms with van der Waals surface area (Å²) in [5.74, 6) is 0.108. The Morgan fingerprint density at radius 1 is 1.25 bits per heavy atom. The summed E-state index contributed by atoms with van der Waals surface area (Å²) in [6.07, 6.45) is 4.86. The molecule has 6 heteroatoms. The summed E-state index contributed by atoms with van der Waals surface area (Å²) in [5, 5.41) is 0.484. The van der Waals surface area contributed by atoms with Crippen LogP contribution < -0.4 is 5.73 Å². The average Bonchev–Trinajstić information content (AvgIpc) is 3.08. The molecule has 0 saturated carbocycles. The van der Waals surface area contributed by atoms with Crippen molar-refractivity contribution >= 4 is 22.4 Å². The van der Waals surface area contributed by atoms with Gasteiger partial charge in [-0.1, -0.05) is 11.3 Å². The summed E-state index contributed by atoms with van der Waals surface area (Å²) in [5.41, 5.74) is 6.44. The zero-order chi connectivity index (χ0) is 14.1. The van der Waals surface area contributed by atoms with Gasteiger partial charge < -0.3 is 15.5 Å². The van der Waals surface area contributed by atoms with Crippen LogP contribution in [-0.2, 0) is 0 Å². The average molecular weight is 294 g/mol. The van der Waals surface area contributed by atoms with Gasteiger partial charge in [-0.05, 0) is 45.7 Å². The summed E-state index contributed by atoms with van der Waals surface area (Å²) in [7, 11) is 0. The lowest BCUT2D eigenvalue weighted by Gasteiger charge is -2.36. The van der Waals surface area contributed by atoms with E-state index in [4.69, 9.17) is 5.73 Å². The maximum Gasteiger partial charge on any atom is 0.265 e. The molecule has 2 aliphatic heterocycles. The van der Waals surface area contributed by atoms with Crippen LogP contribution in [-0.4, -0.2) is 52.9 Å². The molecule has 0 bridgehead atoms. The monoisotopic (exact) mass is 294 g/mol. The molecule has 0 aromatic carbocycles. The van der Waals surface area contributed by atoms with Crippen LogP contribution in [0.3, 0.4) is 0 Å². The van der Waals surface area contributed by atoms with Crippen LogP contribution in [0, 0.1) is 6.92 Å². The van der Waals surface area contributed by atoms with Crippen LogP contribution in [0.5, 0.6) is 0 Å². The standard InChI is InChI=1S/C14H22N4OS/c1-10-12(20-14(15)16-10)13(19)18-8-4-11(5-9-18)17-6-2-3-7-17/h11H,2-9H2,1H3,(H2,15,16). The number of nitrogens with two attached hydrogens (primary N) is 1. The quantitative estimate of drug-likeness (QED) is 0.902. The van der Waals surface area contributed by atoms with Gasteiger partial charge in [0.15, 0.2) is 5.13 Å². The Bertz CT molecular complexity index is 487. The number of nitrogen functional groups attached to an aromatic ring is 1. The van der Waals surface area contributed by atoms with Crippen molar-refractivity contribution in [2.75, 3.05) is 31.9 Å². The fraction of sp³-hybridized carbons (Fsp3) is 0.714. The van der Waals surface area contributed by atoms with Crippen molar-refractivity contribution in [3.05, 3.63) is 10.6 Å². The predicted molar refractivity (Wildman–Crippen MR) is 81.0 cm³/mol. The lowest BCUT2D eigenvalue weighted by Crippen LogP contribution is -2.45. The summed E-state index contributed by atoms with van der Waals surface area (Å²) < 4.78 is 0. The number of hydrogen-bond acceptors (Lipinski definition) is 5. The van der Waals surface area contributed by atoms with E-state index in [0.717, 1.165) is 31.6 Å². The van der Waals surface area contributed by atoms with Crippen LogP contribution in [0.1, 0.15) is 41.0 Å². The summed E-state index contributed by atoms with van der Waals surface area (Å²) in [4.78, 5) is 21.9. The van der Waals surface area contributed by atoms with Gasteiger partial charge in [-0.15, -0.1) is 0 Å². The zero-order valence-corrected chi connectivity index (χ0v) is 12.8. The Morgan fingerprint density at radius 2 is 1.90 bits per heavy atom. The second kappa shape index (κ2) is 5.69. The van der Waals surface area contributed by atoms with Crippen molar-refractivity contribution in [1.29, 1.82) is 0 Å². The number of piperidine rings is 1. The molecule has 5 nitrogen and oxygen atoms in total. The molecule has 1 aromatic rings. The van der Waals surface area contributed by atoms with Crippen molar-refractivity contribution < 1.29 is 4.79 Å². The number of carbonyl (C=O) groups is 1. The highest BCUT2D eigenvalue weighted by Crippen LogP contribution is 2.25. The third kappa shape index (κ3) is 2.67. The third-order valence-electron chi connectivity index (χ3n) is 4.42. The molecule has 2 aliphatic rings. The molecule has 110 valence electrons. The Hall–Kier alpha value is -1.14. The highest BCUT2D eigenvalue weighted by Gasteiger charge is 2.29. The minimum Gasteiger partial charge on any atom is -0.375 e. The first kappa shape index (κ1) is 13.8. The fourth-order valence-corrected chi connectivity index (χ4v) is 4.10. The van der Waals surface area contributed by atoms with Crippen molar-refractivity contribution in [3.8, 4) is 0 Å². The van der Waals surface area contributed by atoms with Gasteiger partial charge >= 0.3 is 0 Å². The second-order valence-corrected chi connectivity index (χ2v) is 6.76. The molecular formula is C14H22N4OS. The van der Waals surface area contributed by atoms with E-state index < -0.39 is 0 Å². The number of aryl methyl sites for hydroxylation is 1. The molecule has 0 radical (unpaired) electrons. The number of hydrogen-bond donors (Lipinski definition) is 1. The first-order valence-corrected chi connectivity index (χ1v) is 8.23. The number of thiazole rings is 1. The van der Waals surface area contributed by atoms with E-state index in [0.29, 0.717) is 16.1 Å². The van der Waals surface area contributed by atoms with Crippen LogP contribution >= 0.6 is 11.3 Å². The first-order valence-electron chi connectivity index (χ1n) is 7.41. The zero-order valence-electron chi connectivity index (χ0n) is 12.0. The molecule has 0 atom stereocenters. The van der Waals surface area contributed by atoms with Gasteiger partial charge in [0.05, 0.1) is 5.69 Å². The van der Waals surface area contributed by atoms with E-state index in [9.17, 15) is 4.79 Å². The Labute approximate surface area is 123 Å². The lowest BCUT2D eigenvalue weighted by atomic mass is 10.0. The van der Waals surface area contributed by atoms with Gasteiger partial charge in [0.2, 0.25) is 0 Å². The van der Waals surface area contributed by atoms with Gasteiger partial charge in [-0.25, -0.2) is 4.98 Å². The van der Waals surface area contributed by atoms with Gasteiger partial charge in [0.25, 0.3) is 5.91 Å². The largest absolute Gasteiger partial charge is 0.375 e. The van der Waals surface area contributed by atoms with Crippen molar-refractivity contribution in [2.45, 2.75) is 38.6 Å². The smallest absolute Gasteiger partial charge is 0.265 e. The van der Waals surface area contributed by atoms with Gasteiger partial charge in [0.1, 0.15) is 4.88 Å². The molecule has 2 N–H and O–H groups in total. The number of rotatable bonds is 2. The van der Waals surface area contributed by atoms with Crippen molar-refractivity contribution in [3.63, 3.8) is 0 Å². The number of nitrogens with zero attached hydrogens (tertiary/aromatic N) is 3. The van der Waals surface area contributed by atoms with E-state index >= 15 is 0 Å².